The first-order valence-corrected chi connectivity index (χ1v) is 8.75. The highest BCUT2D eigenvalue weighted by Crippen LogP contribution is 2.23. The number of sulfonamides is 1. The van der Waals surface area contributed by atoms with Crippen LogP contribution in [0.5, 0.6) is 0 Å². The van der Waals surface area contributed by atoms with Gasteiger partial charge in [-0.2, -0.15) is 4.72 Å². The Morgan fingerprint density at radius 2 is 2.19 bits per heavy atom. The normalized spacial score (nSPS) is 20.3. The second-order valence-corrected chi connectivity index (χ2v) is 7.44. The van der Waals surface area contributed by atoms with Gasteiger partial charge in [0, 0.05) is 17.7 Å². The maximum absolute atomic E-state index is 12.3. The zero-order chi connectivity index (χ0) is 15.5. The lowest BCUT2D eigenvalue weighted by Crippen LogP contribution is -2.42. The third-order valence-corrected chi connectivity index (χ3v) is 5.80. The summed E-state index contributed by atoms with van der Waals surface area (Å²) in [7, 11) is -3.90. The molecule has 2 unspecified atom stereocenters. The summed E-state index contributed by atoms with van der Waals surface area (Å²) in [5.41, 5.74) is 0. The molecule has 0 spiro atoms. The van der Waals surface area contributed by atoms with E-state index in [9.17, 15) is 18.3 Å². The molecular formula is C13H16BrNO5S. The Hall–Kier alpha value is -0.960. The fourth-order valence-electron chi connectivity index (χ4n) is 2.22. The average molecular weight is 378 g/mol. The summed E-state index contributed by atoms with van der Waals surface area (Å²) in [6, 6.07) is 5.13. The largest absolute Gasteiger partial charge is 0.480 e. The van der Waals surface area contributed by atoms with Gasteiger partial charge in [0.2, 0.25) is 10.0 Å². The molecule has 0 aromatic heterocycles. The van der Waals surface area contributed by atoms with E-state index < -0.39 is 22.0 Å². The summed E-state index contributed by atoms with van der Waals surface area (Å²) in [6.45, 7) is 1.06. The highest BCUT2D eigenvalue weighted by molar-refractivity contribution is 9.10. The van der Waals surface area contributed by atoms with Crippen LogP contribution in [-0.4, -0.2) is 38.7 Å². The monoisotopic (exact) mass is 377 g/mol. The number of hydrogen-bond acceptors (Lipinski definition) is 4. The van der Waals surface area contributed by atoms with Crippen LogP contribution in [0.25, 0.3) is 0 Å². The van der Waals surface area contributed by atoms with Gasteiger partial charge in [0.05, 0.1) is 4.90 Å². The topological polar surface area (TPSA) is 92.7 Å². The lowest BCUT2D eigenvalue weighted by Gasteiger charge is -2.18. The molecule has 1 heterocycles. The maximum atomic E-state index is 12.3. The molecule has 1 aliphatic rings. The van der Waals surface area contributed by atoms with E-state index in [-0.39, 0.29) is 17.2 Å². The zero-order valence-corrected chi connectivity index (χ0v) is 13.6. The van der Waals surface area contributed by atoms with Gasteiger partial charge in [0.25, 0.3) is 0 Å². The predicted octanol–water partition coefficient (Wildman–Crippen LogP) is 1.61. The molecule has 0 saturated carbocycles. The van der Waals surface area contributed by atoms with Gasteiger partial charge in [-0.25, -0.2) is 8.42 Å². The van der Waals surface area contributed by atoms with Crippen LogP contribution in [0.2, 0.25) is 0 Å². The molecule has 0 radical (unpaired) electrons. The average Bonchev–Trinajstić information content (AvgIpc) is 2.91. The number of hydrogen-bond donors (Lipinski definition) is 2. The van der Waals surface area contributed by atoms with Crippen LogP contribution in [0.4, 0.5) is 0 Å². The lowest BCUT2D eigenvalue weighted by molar-refractivity contribution is -0.139. The molecular weight excluding hydrogens is 362 g/mol. The van der Waals surface area contributed by atoms with Crippen molar-refractivity contribution in [2.45, 2.75) is 23.8 Å². The molecule has 2 N–H and O–H groups in total. The predicted molar refractivity (Wildman–Crippen MR) is 79.4 cm³/mol. The second kappa shape index (κ2) is 6.87. The van der Waals surface area contributed by atoms with Crippen LogP contribution >= 0.6 is 15.9 Å². The highest BCUT2D eigenvalue weighted by atomic mass is 79.9. The van der Waals surface area contributed by atoms with E-state index in [1.807, 2.05) is 0 Å². The molecule has 116 valence electrons. The zero-order valence-electron chi connectivity index (χ0n) is 11.2. The molecule has 1 aromatic carbocycles. The Balaban J connectivity index is 2.15. The molecule has 0 amide bonds. The summed E-state index contributed by atoms with van der Waals surface area (Å²) in [5, 5.41) is 9.23. The van der Waals surface area contributed by atoms with Crippen LogP contribution in [-0.2, 0) is 19.6 Å². The first-order valence-electron chi connectivity index (χ1n) is 6.47. The number of nitrogens with one attached hydrogen (secondary N) is 1. The van der Waals surface area contributed by atoms with Gasteiger partial charge in [-0.15, -0.1) is 0 Å². The Bertz CT molecular complexity index is 613. The number of benzene rings is 1. The Morgan fingerprint density at radius 1 is 1.48 bits per heavy atom. The number of ether oxygens (including phenoxy) is 1. The van der Waals surface area contributed by atoms with Crippen molar-refractivity contribution < 1.29 is 23.1 Å². The van der Waals surface area contributed by atoms with Crippen LogP contribution in [0.1, 0.15) is 12.8 Å². The molecule has 2 atom stereocenters. The molecule has 1 aromatic rings. The first kappa shape index (κ1) is 16.4. The van der Waals surface area contributed by atoms with E-state index in [1.54, 1.807) is 18.2 Å². The van der Waals surface area contributed by atoms with Crippen molar-refractivity contribution >= 4 is 31.9 Å². The summed E-state index contributed by atoms with van der Waals surface area (Å²) < 4.78 is 32.5. The van der Waals surface area contributed by atoms with Crippen molar-refractivity contribution in [1.82, 2.24) is 4.72 Å². The fourth-order valence-corrected chi connectivity index (χ4v) is 4.42. The van der Waals surface area contributed by atoms with Gasteiger partial charge in [-0.1, -0.05) is 12.1 Å². The van der Waals surface area contributed by atoms with Gasteiger partial charge in [0.15, 0.2) is 0 Å². The van der Waals surface area contributed by atoms with E-state index in [4.69, 9.17) is 4.74 Å². The smallest absolute Gasteiger partial charge is 0.321 e. The van der Waals surface area contributed by atoms with Crippen LogP contribution in [0.15, 0.2) is 33.6 Å². The van der Waals surface area contributed by atoms with Crippen LogP contribution in [0, 0.1) is 5.92 Å². The molecule has 1 fully saturated rings. The number of halogens is 1. The van der Waals surface area contributed by atoms with Gasteiger partial charge in [-0.05, 0) is 46.8 Å². The number of rotatable bonds is 6. The van der Waals surface area contributed by atoms with E-state index in [2.05, 4.69) is 20.7 Å². The summed E-state index contributed by atoms with van der Waals surface area (Å²) in [4.78, 5) is 11.3. The van der Waals surface area contributed by atoms with Gasteiger partial charge in [-0.3, -0.25) is 4.79 Å². The third kappa shape index (κ3) is 4.26. The van der Waals surface area contributed by atoms with Gasteiger partial charge >= 0.3 is 5.97 Å². The van der Waals surface area contributed by atoms with Crippen molar-refractivity contribution in [2.75, 3.05) is 13.2 Å². The van der Waals surface area contributed by atoms with E-state index in [0.29, 0.717) is 17.7 Å². The maximum Gasteiger partial charge on any atom is 0.321 e. The minimum Gasteiger partial charge on any atom is -0.480 e. The first-order chi connectivity index (χ1) is 9.90. The highest BCUT2D eigenvalue weighted by Gasteiger charge is 2.30. The number of carboxylic acids is 1. The van der Waals surface area contributed by atoms with Gasteiger partial charge < -0.3 is 9.84 Å². The summed E-state index contributed by atoms with van der Waals surface area (Å²) >= 11 is 3.16. The fraction of sp³-hybridized carbons (Fsp3) is 0.462. The van der Waals surface area contributed by atoms with Crippen molar-refractivity contribution in [1.29, 1.82) is 0 Å². The number of aliphatic carboxylic acids is 1. The van der Waals surface area contributed by atoms with Crippen LogP contribution < -0.4 is 4.72 Å². The quantitative estimate of drug-likeness (QED) is 0.785. The third-order valence-electron chi connectivity index (χ3n) is 3.31. The van der Waals surface area contributed by atoms with Crippen LogP contribution in [0.3, 0.4) is 0 Å². The molecule has 0 bridgehead atoms. The molecule has 0 aliphatic carbocycles. The van der Waals surface area contributed by atoms with E-state index >= 15 is 0 Å². The summed E-state index contributed by atoms with van der Waals surface area (Å²) in [6.07, 6.45) is 0.972. The minimum absolute atomic E-state index is 0.0268. The van der Waals surface area contributed by atoms with Crippen molar-refractivity contribution in [3.05, 3.63) is 28.7 Å². The molecule has 6 nitrogen and oxygen atoms in total. The number of carboxylic acid groups (broad SMARTS) is 1. The van der Waals surface area contributed by atoms with Gasteiger partial charge in [0.1, 0.15) is 6.04 Å². The molecule has 8 heteroatoms. The summed E-state index contributed by atoms with van der Waals surface area (Å²) in [5.74, 6) is -1.12. The standard InChI is InChI=1S/C13H16BrNO5S/c14-10-3-1-2-4-12(10)21(18,19)15-11(13(16)17)7-9-5-6-20-8-9/h1-4,9,11,15H,5-8H2,(H,16,17). The van der Waals surface area contributed by atoms with Crippen molar-refractivity contribution in [3.63, 3.8) is 0 Å². The van der Waals surface area contributed by atoms with Crippen molar-refractivity contribution in [3.8, 4) is 0 Å². The van der Waals surface area contributed by atoms with E-state index in [1.165, 1.54) is 6.07 Å². The molecule has 2 rings (SSSR count). The Morgan fingerprint density at radius 3 is 2.76 bits per heavy atom. The Labute approximate surface area is 131 Å². The molecule has 1 saturated heterocycles. The molecule has 21 heavy (non-hydrogen) atoms. The molecule has 1 aliphatic heterocycles. The van der Waals surface area contributed by atoms with Crippen molar-refractivity contribution in [2.24, 2.45) is 5.92 Å². The Kier molecular flexibility index (Phi) is 5.37. The second-order valence-electron chi connectivity index (χ2n) is 4.91. The minimum atomic E-state index is -3.90. The van der Waals surface area contributed by atoms with E-state index in [0.717, 1.165) is 6.42 Å². The lowest BCUT2D eigenvalue weighted by atomic mass is 10.00. The number of carbonyl (C=O) groups is 1. The SMILES string of the molecule is O=C(O)C(CC1CCOC1)NS(=O)(=O)c1ccccc1Br.